The Balaban J connectivity index is 2.19. The van der Waals surface area contributed by atoms with Crippen LogP contribution in [0.5, 0.6) is 0 Å². The molecule has 8 heteroatoms. The van der Waals surface area contributed by atoms with Crippen LogP contribution in [0.1, 0.15) is 5.56 Å². The minimum Gasteiger partial charge on any atom is -0.258 e. The Labute approximate surface area is 143 Å². The average molecular weight is 398 g/mol. The molecule has 0 saturated carbocycles. The molecule has 0 heterocycles. The molecule has 0 atom stereocenters. The van der Waals surface area contributed by atoms with Crippen LogP contribution in [-0.2, 0) is 10.0 Å². The molecule has 2 aromatic rings. The molecule has 0 aliphatic heterocycles. The van der Waals surface area contributed by atoms with Crippen LogP contribution in [0.4, 0.5) is 5.69 Å². The van der Waals surface area contributed by atoms with Crippen molar-refractivity contribution in [3.05, 3.63) is 75.1 Å². The molecular weight excluding hydrogens is 384 g/mol. The first kappa shape index (κ1) is 17.6. The van der Waals surface area contributed by atoms with Gasteiger partial charge in [-0.15, -0.1) is 0 Å². The zero-order valence-corrected chi connectivity index (χ0v) is 14.6. The number of likely N-dealkylation sites (N-methyl/N-ethyl adjacent to an activating group) is 1. The van der Waals surface area contributed by atoms with Crippen LogP contribution in [0.3, 0.4) is 0 Å². The minimum atomic E-state index is -3.94. The fraction of sp³-hybridized carbons (Fsp3) is 0.133. The van der Waals surface area contributed by atoms with Crippen LogP contribution < -0.4 is 0 Å². The molecule has 0 aromatic heterocycles. The maximum Gasteiger partial charge on any atom is 0.289 e. The van der Waals surface area contributed by atoms with Gasteiger partial charge in [0.2, 0.25) is 10.0 Å². The highest BCUT2D eigenvalue weighted by atomic mass is 79.9. The standard InChI is InChI=1S/C15H14BrN2O4S/c1-17(11-10-12-6-8-13(16)9-7-12)23(21,22)15-5-3-2-4-14(15)18(19)20/h2-10H,11H2,1H3. The van der Waals surface area contributed by atoms with Crippen molar-refractivity contribution in [2.45, 2.75) is 4.90 Å². The number of rotatable bonds is 6. The van der Waals surface area contributed by atoms with Crippen LogP contribution in [0.25, 0.3) is 0 Å². The number of para-hydroxylation sites is 1. The lowest BCUT2D eigenvalue weighted by Crippen LogP contribution is -2.29. The van der Waals surface area contributed by atoms with E-state index in [-0.39, 0.29) is 11.4 Å². The van der Waals surface area contributed by atoms with E-state index >= 15 is 0 Å². The van der Waals surface area contributed by atoms with Crippen molar-refractivity contribution in [3.63, 3.8) is 0 Å². The summed E-state index contributed by atoms with van der Waals surface area (Å²) in [6.07, 6.45) is 1.73. The predicted molar refractivity (Wildman–Crippen MR) is 90.5 cm³/mol. The third-order valence-electron chi connectivity index (χ3n) is 3.20. The average Bonchev–Trinajstić information content (AvgIpc) is 2.54. The Kier molecular flexibility index (Phi) is 5.51. The van der Waals surface area contributed by atoms with Gasteiger partial charge in [-0.05, 0) is 23.8 Å². The molecule has 0 N–H and O–H groups in total. The lowest BCUT2D eigenvalue weighted by molar-refractivity contribution is -0.387. The highest BCUT2D eigenvalue weighted by Crippen LogP contribution is 2.25. The van der Waals surface area contributed by atoms with Gasteiger partial charge < -0.3 is 0 Å². The molecule has 6 nitrogen and oxygen atoms in total. The molecule has 0 aliphatic carbocycles. The van der Waals surface area contributed by atoms with E-state index in [4.69, 9.17) is 0 Å². The fourth-order valence-electron chi connectivity index (χ4n) is 1.92. The van der Waals surface area contributed by atoms with E-state index in [1.165, 1.54) is 31.3 Å². The Bertz CT molecular complexity index is 806. The molecule has 0 bridgehead atoms. The lowest BCUT2D eigenvalue weighted by atomic mass is 10.1. The van der Waals surface area contributed by atoms with Crippen LogP contribution >= 0.6 is 15.9 Å². The van der Waals surface area contributed by atoms with Crippen molar-refractivity contribution in [1.29, 1.82) is 0 Å². The molecule has 0 aliphatic rings. The van der Waals surface area contributed by atoms with Gasteiger partial charge in [0.1, 0.15) is 0 Å². The van der Waals surface area contributed by atoms with Crippen molar-refractivity contribution in [2.24, 2.45) is 0 Å². The number of nitro groups is 1. The molecular formula is C15H14BrN2O4S. The third kappa shape index (κ3) is 4.15. The minimum absolute atomic E-state index is 0.107. The quantitative estimate of drug-likeness (QED) is 0.553. The number of nitrogens with zero attached hydrogens (tertiary/aromatic N) is 2. The summed E-state index contributed by atoms with van der Waals surface area (Å²) in [5, 5.41) is 11.0. The smallest absolute Gasteiger partial charge is 0.258 e. The summed E-state index contributed by atoms with van der Waals surface area (Å²) < 4.78 is 27.1. The van der Waals surface area contributed by atoms with Crippen molar-refractivity contribution < 1.29 is 13.3 Å². The molecule has 0 spiro atoms. The van der Waals surface area contributed by atoms with Crippen LogP contribution in [0.2, 0.25) is 0 Å². The monoisotopic (exact) mass is 397 g/mol. The van der Waals surface area contributed by atoms with Gasteiger partial charge in [0.05, 0.1) is 4.92 Å². The largest absolute Gasteiger partial charge is 0.289 e. The van der Waals surface area contributed by atoms with E-state index in [0.717, 1.165) is 14.3 Å². The highest BCUT2D eigenvalue weighted by Gasteiger charge is 2.28. The van der Waals surface area contributed by atoms with E-state index in [9.17, 15) is 18.5 Å². The second-order valence-corrected chi connectivity index (χ2v) is 7.70. The Morgan fingerprint density at radius 1 is 1.17 bits per heavy atom. The molecule has 0 fully saturated rings. The molecule has 0 saturated heterocycles. The molecule has 121 valence electrons. The number of sulfonamides is 1. The Hall–Kier alpha value is -1.77. The van der Waals surface area contributed by atoms with Crippen molar-refractivity contribution in [2.75, 3.05) is 13.6 Å². The molecule has 0 amide bonds. The first-order valence-corrected chi connectivity index (χ1v) is 8.84. The first-order chi connectivity index (χ1) is 10.8. The second kappa shape index (κ2) is 7.20. The van der Waals surface area contributed by atoms with E-state index in [0.29, 0.717) is 0 Å². The molecule has 23 heavy (non-hydrogen) atoms. The fourth-order valence-corrected chi connectivity index (χ4v) is 3.45. The van der Waals surface area contributed by atoms with Gasteiger partial charge in [0.15, 0.2) is 4.90 Å². The Morgan fingerprint density at radius 2 is 1.78 bits per heavy atom. The summed E-state index contributed by atoms with van der Waals surface area (Å²) in [4.78, 5) is 10.0. The van der Waals surface area contributed by atoms with Crippen LogP contribution in [-0.4, -0.2) is 31.2 Å². The summed E-state index contributed by atoms with van der Waals surface area (Å²) in [5.41, 5.74) is 0.431. The van der Waals surface area contributed by atoms with Crippen molar-refractivity contribution >= 4 is 31.6 Å². The topological polar surface area (TPSA) is 80.5 Å². The number of halogens is 1. The number of hydrogen-bond acceptors (Lipinski definition) is 4. The van der Waals surface area contributed by atoms with Crippen LogP contribution in [0, 0.1) is 16.5 Å². The first-order valence-electron chi connectivity index (χ1n) is 6.61. The second-order valence-electron chi connectivity index (χ2n) is 4.77. The van der Waals surface area contributed by atoms with E-state index in [2.05, 4.69) is 15.9 Å². The van der Waals surface area contributed by atoms with Crippen LogP contribution in [0.15, 0.2) is 57.9 Å². The van der Waals surface area contributed by atoms with Gasteiger partial charge in [-0.25, -0.2) is 12.7 Å². The van der Waals surface area contributed by atoms with E-state index in [1.807, 2.05) is 24.3 Å². The maximum atomic E-state index is 12.5. The summed E-state index contributed by atoms with van der Waals surface area (Å²) in [7, 11) is -2.55. The van der Waals surface area contributed by atoms with E-state index in [1.54, 1.807) is 6.42 Å². The van der Waals surface area contributed by atoms with E-state index < -0.39 is 20.6 Å². The number of hydrogen-bond donors (Lipinski definition) is 0. The van der Waals surface area contributed by atoms with Gasteiger partial charge in [0, 0.05) is 30.6 Å². The zero-order valence-electron chi connectivity index (χ0n) is 12.2. The van der Waals surface area contributed by atoms with Gasteiger partial charge in [-0.3, -0.25) is 10.1 Å². The summed E-state index contributed by atoms with van der Waals surface area (Å²) >= 11 is 3.33. The maximum absolute atomic E-state index is 12.5. The van der Waals surface area contributed by atoms with Gasteiger partial charge in [-0.2, -0.15) is 0 Å². The normalized spacial score (nSPS) is 11.6. The Morgan fingerprint density at radius 3 is 2.39 bits per heavy atom. The number of benzene rings is 2. The highest BCUT2D eigenvalue weighted by molar-refractivity contribution is 9.10. The zero-order chi connectivity index (χ0) is 17.0. The van der Waals surface area contributed by atoms with Gasteiger partial charge in [0.25, 0.3) is 5.69 Å². The SMILES string of the molecule is CN(C[CH]c1ccc(Br)cc1)S(=O)(=O)c1ccccc1[N+](=O)[O-]. The summed E-state index contributed by atoms with van der Waals surface area (Å²) in [6.45, 7) is 0.107. The third-order valence-corrected chi connectivity index (χ3v) is 5.60. The molecule has 0 unspecified atom stereocenters. The lowest BCUT2D eigenvalue weighted by Gasteiger charge is -2.17. The van der Waals surface area contributed by atoms with Crippen molar-refractivity contribution in [3.8, 4) is 0 Å². The number of nitro benzene ring substituents is 1. The van der Waals surface area contributed by atoms with Crippen molar-refractivity contribution in [1.82, 2.24) is 4.31 Å². The summed E-state index contributed by atoms with van der Waals surface area (Å²) in [5.74, 6) is 0. The molecule has 2 aromatic carbocycles. The summed E-state index contributed by atoms with van der Waals surface area (Å²) in [6, 6.07) is 12.7. The predicted octanol–water partition coefficient (Wildman–Crippen LogP) is 3.23. The molecule has 1 radical (unpaired) electrons. The van der Waals surface area contributed by atoms with Gasteiger partial charge in [-0.1, -0.05) is 40.2 Å². The molecule has 2 rings (SSSR count). The van der Waals surface area contributed by atoms with Gasteiger partial charge >= 0.3 is 0 Å².